The standard InChI is InChI=1S/C46H37N7O5/c1-55-46(54)33-7-5-29(6-8-33)42-34-9-11-36(47-34)43(30-17-23-51(56-2)24-18-30)38-13-15-40(49-38)45(32-21-27-53(58-4)28-22-32)41-16-14-39(50-41)44(37-12-10-35(42)48-37)31-19-25-52(57-3)26-20-31/h5-28H,1-4H3,(H,47,48,49,50)/q+2/p+1. The minimum atomic E-state index is -0.405. The molecule has 0 amide bonds. The summed E-state index contributed by atoms with van der Waals surface area (Å²) in [4.78, 5) is 46.9. The second kappa shape index (κ2) is 15.0. The average molecular weight is 769 g/mol. The molecule has 2 aliphatic heterocycles. The van der Waals surface area contributed by atoms with Crippen LogP contribution >= 0.6 is 0 Å². The fraction of sp³-hybridized carbons (Fsp3) is 0.0870. The third kappa shape index (κ3) is 6.52. The number of aromatic amines is 2. The second-order valence-electron chi connectivity index (χ2n) is 13.5. The summed E-state index contributed by atoms with van der Waals surface area (Å²) < 4.78 is 9.92. The first-order chi connectivity index (χ1) is 28.4. The zero-order valence-corrected chi connectivity index (χ0v) is 32.1. The predicted octanol–water partition coefficient (Wildman–Crippen LogP) is 6.15. The van der Waals surface area contributed by atoms with Crippen molar-refractivity contribution in [2.75, 3.05) is 28.4 Å². The van der Waals surface area contributed by atoms with Crippen LogP contribution in [0.5, 0.6) is 0 Å². The molecule has 7 aromatic rings. The van der Waals surface area contributed by atoms with Gasteiger partial charge in [-0.2, -0.15) is 0 Å². The van der Waals surface area contributed by atoms with Crippen LogP contribution in [0.15, 0.2) is 122 Å². The molecule has 0 unspecified atom stereocenters. The normalized spacial score (nSPS) is 11.7. The van der Waals surface area contributed by atoms with Crippen LogP contribution in [0.2, 0.25) is 0 Å². The van der Waals surface area contributed by atoms with Crippen LogP contribution in [0.4, 0.5) is 0 Å². The molecule has 58 heavy (non-hydrogen) atoms. The summed E-state index contributed by atoms with van der Waals surface area (Å²) in [5.74, 6) is -0.405. The van der Waals surface area contributed by atoms with Gasteiger partial charge in [-0.15, -0.1) is 0 Å². The van der Waals surface area contributed by atoms with Crippen LogP contribution < -0.4 is 28.7 Å². The molecule has 284 valence electrons. The van der Waals surface area contributed by atoms with Gasteiger partial charge in [0.2, 0.25) is 37.2 Å². The van der Waals surface area contributed by atoms with Crippen molar-refractivity contribution in [2.24, 2.45) is 0 Å². The molecule has 12 nitrogen and oxygen atoms in total. The Labute approximate surface area is 333 Å². The number of ether oxygens (including phenoxy) is 1. The number of aromatic nitrogens is 7. The minimum Gasteiger partial charge on any atom is -0.465 e. The third-order valence-electron chi connectivity index (χ3n) is 10.3. The maximum Gasteiger partial charge on any atom is 0.337 e. The lowest BCUT2D eigenvalue weighted by Gasteiger charge is -2.07. The van der Waals surface area contributed by atoms with Gasteiger partial charge in [0.05, 0.1) is 35.4 Å². The summed E-state index contributed by atoms with van der Waals surface area (Å²) in [6.07, 6.45) is 19.4. The highest BCUT2D eigenvalue weighted by atomic mass is 16.6. The van der Waals surface area contributed by atoms with Crippen molar-refractivity contribution in [3.05, 3.63) is 150 Å². The number of rotatable bonds is 8. The van der Waals surface area contributed by atoms with E-state index in [1.54, 1.807) is 47.7 Å². The van der Waals surface area contributed by atoms with Crippen LogP contribution in [0.1, 0.15) is 33.1 Å². The number of fused-ring (bicyclic) bond motifs is 8. The van der Waals surface area contributed by atoms with E-state index in [1.807, 2.05) is 97.9 Å². The van der Waals surface area contributed by atoms with E-state index in [2.05, 4.69) is 46.4 Å². The highest BCUT2D eigenvalue weighted by molar-refractivity contribution is 6.00. The molecule has 0 aliphatic carbocycles. The van der Waals surface area contributed by atoms with Gasteiger partial charge < -0.3 is 14.7 Å². The second-order valence-corrected chi connectivity index (χ2v) is 13.5. The maximum absolute atomic E-state index is 12.4. The highest BCUT2D eigenvalue weighted by Gasteiger charge is 2.20. The van der Waals surface area contributed by atoms with Gasteiger partial charge in [-0.1, -0.05) is 12.1 Å². The minimum absolute atomic E-state index is 0.405. The fourth-order valence-corrected chi connectivity index (χ4v) is 7.41. The Balaban J connectivity index is 1.42. The number of hydrogen-bond acceptors (Lipinski definition) is 7. The van der Waals surface area contributed by atoms with Gasteiger partial charge in [0.25, 0.3) is 0 Å². The van der Waals surface area contributed by atoms with Gasteiger partial charge in [0.1, 0.15) is 21.3 Å². The smallest absolute Gasteiger partial charge is 0.337 e. The van der Waals surface area contributed by atoms with Crippen LogP contribution in [-0.4, -0.2) is 54.3 Å². The lowest BCUT2D eigenvalue weighted by molar-refractivity contribution is -0.885. The van der Waals surface area contributed by atoms with E-state index in [-0.39, 0.29) is 0 Å². The molecule has 0 saturated heterocycles. The van der Waals surface area contributed by atoms with Crippen LogP contribution in [0.3, 0.4) is 0 Å². The molecule has 0 fully saturated rings. The van der Waals surface area contributed by atoms with Crippen molar-refractivity contribution in [3.8, 4) is 44.5 Å². The lowest BCUT2D eigenvalue weighted by atomic mass is 10.0. The molecule has 8 heterocycles. The number of carbonyl (C=O) groups is 1. The van der Waals surface area contributed by atoms with Gasteiger partial charge in [0.15, 0.2) is 0 Å². The number of pyridine rings is 3. The quantitative estimate of drug-likeness (QED) is 0.141. The van der Waals surface area contributed by atoms with Gasteiger partial charge in [0, 0.05) is 94.9 Å². The van der Waals surface area contributed by atoms with Gasteiger partial charge in [-0.3, -0.25) is 14.5 Å². The van der Waals surface area contributed by atoms with Crippen molar-refractivity contribution in [3.63, 3.8) is 0 Å². The first-order valence-corrected chi connectivity index (χ1v) is 18.5. The Bertz CT molecular complexity index is 2890. The maximum atomic E-state index is 12.4. The number of esters is 1. The summed E-state index contributed by atoms with van der Waals surface area (Å²) in [6.45, 7) is 0. The number of nitrogens with one attached hydrogen (secondary N) is 2. The summed E-state index contributed by atoms with van der Waals surface area (Å²) in [7, 11) is 6.25. The Morgan fingerprint density at radius 3 is 1.00 bits per heavy atom. The first kappa shape index (κ1) is 35.8. The summed E-state index contributed by atoms with van der Waals surface area (Å²) in [6, 6.07) is 27.7. The molecular weight excluding hydrogens is 731 g/mol. The molecule has 0 radical (unpaired) electrons. The summed E-state index contributed by atoms with van der Waals surface area (Å²) >= 11 is 0. The van der Waals surface area contributed by atoms with Crippen molar-refractivity contribution < 1.29 is 38.2 Å². The Hall–Kier alpha value is -7.86. The van der Waals surface area contributed by atoms with E-state index < -0.39 is 5.97 Å². The zero-order chi connectivity index (χ0) is 39.8. The van der Waals surface area contributed by atoms with E-state index in [1.165, 1.54) is 7.11 Å². The van der Waals surface area contributed by atoms with E-state index in [0.717, 1.165) is 89.4 Å². The molecule has 9 rings (SSSR count). The van der Waals surface area contributed by atoms with Crippen LogP contribution in [0, 0.1) is 0 Å². The largest absolute Gasteiger partial charge is 0.465 e. The fourth-order valence-electron chi connectivity index (χ4n) is 7.41. The van der Waals surface area contributed by atoms with Gasteiger partial charge in [-0.25, -0.2) is 14.8 Å². The highest BCUT2D eigenvalue weighted by Crippen LogP contribution is 2.38. The van der Waals surface area contributed by atoms with E-state index in [0.29, 0.717) is 5.56 Å². The van der Waals surface area contributed by atoms with Gasteiger partial charge >= 0.3 is 5.97 Å². The van der Waals surface area contributed by atoms with E-state index in [9.17, 15) is 4.79 Å². The average Bonchev–Trinajstić information content (AvgIpc) is 4.12. The molecule has 12 heteroatoms. The van der Waals surface area contributed by atoms with Crippen LogP contribution in [-0.2, 0) is 4.74 Å². The Morgan fingerprint density at radius 2 is 0.724 bits per heavy atom. The SMILES string of the molecule is COC(=O)c1ccc(-c2c3nc(c(-c4cc[n+](OC)cc4)c4ccc([nH]4)c(-c4cc[n+](OC)cc4)c4nc(c(-c5cc[n+](OC)cc5)c5ccc2[nH]5)C=C4)C=C3)cc1. The Kier molecular flexibility index (Phi) is 9.26. The molecule has 6 aromatic heterocycles. The zero-order valence-electron chi connectivity index (χ0n) is 32.1. The molecule has 2 N–H and O–H groups in total. The molecule has 0 spiro atoms. The number of carbonyl (C=O) groups excluding carboxylic acids is 1. The van der Waals surface area contributed by atoms with Crippen molar-refractivity contribution in [1.82, 2.24) is 19.9 Å². The number of benzene rings is 1. The summed E-state index contributed by atoms with van der Waals surface area (Å²) in [5.41, 5.74) is 14.2. The summed E-state index contributed by atoms with van der Waals surface area (Å²) in [5, 5.41) is 0. The third-order valence-corrected chi connectivity index (χ3v) is 10.3. The van der Waals surface area contributed by atoms with E-state index in [4.69, 9.17) is 29.2 Å². The molecule has 0 atom stereocenters. The molecule has 2 aliphatic rings. The van der Waals surface area contributed by atoms with Crippen molar-refractivity contribution in [1.29, 1.82) is 0 Å². The number of hydrogen-bond donors (Lipinski definition) is 2. The Morgan fingerprint density at radius 1 is 0.431 bits per heavy atom. The van der Waals surface area contributed by atoms with Crippen LogP contribution in [0.25, 0.3) is 90.9 Å². The number of methoxy groups -OCH3 is 1. The number of H-pyrrole nitrogens is 2. The topological polar surface area (TPSA) is 123 Å². The van der Waals surface area contributed by atoms with Crippen molar-refractivity contribution in [2.45, 2.75) is 0 Å². The van der Waals surface area contributed by atoms with E-state index >= 15 is 0 Å². The monoisotopic (exact) mass is 768 g/mol. The van der Waals surface area contributed by atoms with Crippen molar-refractivity contribution >= 4 is 52.3 Å². The first-order valence-electron chi connectivity index (χ1n) is 18.5. The molecule has 8 bridgehead atoms. The molecular formula is C46H38N7O5+3. The molecule has 0 saturated carbocycles. The lowest BCUT2D eigenvalue weighted by Crippen LogP contribution is -2.39. The molecule has 1 aromatic carbocycles. The number of nitrogens with zero attached hydrogens (tertiary/aromatic N) is 5. The van der Waals surface area contributed by atoms with Gasteiger partial charge in [-0.05, 0) is 83.0 Å². The predicted molar refractivity (Wildman–Crippen MR) is 220 cm³/mol.